The summed E-state index contributed by atoms with van der Waals surface area (Å²) in [6, 6.07) is 8.58. The summed E-state index contributed by atoms with van der Waals surface area (Å²) in [6.07, 6.45) is -10.2. The fourth-order valence-corrected chi connectivity index (χ4v) is 3.71. The number of hydrogen-bond acceptors (Lipinski definition) is 4. The number of alkyl halides is 6. The third-order valence-corrected chi connectivity index (χ3v) is 5.33. The molecule has 1 heterocycles. The number of oxime groups is 1. The lowest BCUT2D eigenvalue weighted by Crippen LogP contribution is -2.42. The van der Waals surface area contributed by atoms with E-state index >= 15 is 0 Å². The van der Waals surface area contributed by atoms with Crippen LogP contribution in [0.1, 0.15) is 41.8 Å². The van der Waals surface area contributed by atoms with Crippen molar-refractivity contribution in [3.05, 3.63) is 69.2 Å². The molecule has 1 unspecified atom stereocenters. The smallest absolute Gasteiger partial charge is 0.374 e. The van der Waals surface area contributed by atoms with Gasteiger partial charge in [0.1, 0.15) is 6.54 Å². The summed E-state index contributed by atoms with van der Waals surface area (Å²) < 4.78 is 78.5. The minimum atomic E-state index is -4.88. The SMILES string of the molecule is CC.O=C(CNC(=O)c1ccc(C2=NOC(c3cc(Cl)cc(Cl)c3)(C(F)(F)F)C2)cc1)NCC(F)(F)F. The molecule has 2 N–H and O–H groups in total. The van der Waals surface area contributed by atoms with Crippen LogP contribution in [0.5, 0.6) is 0 Å². The molecule has 1 aliphatic rings. The standard InChI is InChI=1S/C21H15Cl2F6N3O3.C2H6/c22-14-5-13(6-15(23)7-14)19(21(27,28)29)8-16(32-35-19)11-1-3-12(4-2-11)18(34)30-9-17(33)31-10-20(24,25)26;1-2/h1-7H,8-10H2,(H,30,34)(H,31,33);1-2H3. The first-order valence-corrected chi connectivity index (χ1v) is 11.5. The normalized spacial score (nSPS) is 17.2. The molecule has 202 valence electrons. The summed E-state index contributed by atoms with van der Waals surface area (Å²) >= 11 is 11.7. The number of nitrogens with one attached hydrogen (secondary N) is 2. The van der Waals surface area contributed by atoms with Crippen LogP contribution < -0.4 is 10.6 Å². The molecule has 1 atom stereocenters. The molecule has 3 rings (SSSR count). The van der Waals surface area contributed by atoms with E-state index in [4.69, 9.17) is 28.0 Å². The van der Waals surface area contributed by atoms with Gasteiger partial charge in [0.25, 0.3) is 11.5 Å². The summed E-state index contributed by atoms with van der Waals surface area (Å²) in [4.78, 5) is 28.4. The van der Waals surface area contributed by atoms with Gasteiger partial charge >= 0.3 is 12.4 Å². The van der Waals surface area contributed by atoms with E-state index in [1.807, 2.05) is 13.8 Å². The van der Waals surface area contributed by atoms with Crippen molar-refractivity contribution < 1.29 is 40.8 Å². The second kappa shape index (κ2) is 12.0. The topological polar surface area (TPSA) is 79.8 Å². The van der Waals surface area contributed by atoms with E-state index in [1.165, 1.54) is 30.3 Å². The Hall–Kier alpha value is -2.99. The van der Waals surface area contributed by atoms with E-state index < -0.39 is 49.3 Å². The zero-order valence-corrected chi connectivity index (χ0v) is 20.9. The van der Waals surface area contributed by atoms with Crippen molar-refractivity contribution in [1.29, 1.82) is 0 Å². The number of nitrogens with zero attached hydrogens (tertiary/aromatic N) is 1. The summed E-state index contributed by atoms with van der Waals surface area (Å²) in [5.41, 5.74) is -2.97. The van der Waals surface area contributed by atoms with Gasteiger partial charge in [0.2, 0.25) is 5.91 Å². The molecule has 0 aromatic heterocycles. The third kappa shape index (κ3) is 7.75. The van der Waals surface area contributed by atoms with E-state index in [0.717, 1.165) is 12.1 Å². The zero-order valence-electron chi connectivity index (χ0n) is 19.4. The van der Waals surface area contributed by atoms with Crippen molar-refractivity contribution in [1.82, 2.24) is 10.6 Å². The predicted molar refractivity (Wildman–Crippen MR) is 126 cm³/mol. The molecule has 0 aliphatic carbocycles. The van der Waals surface area contributed by atoms with Crippen LogP contribution in [-0.2, 0) is 15.2 Å². The molecule has 0 saturated carbocycles. The van der Waals surface area contributed by atoms with Gasteiger partial charge in [-0.05, 0) is 35.9 Å². The predicted octanol–water partition coefficient (Wildman–Crippen LogP) is 6.01. The van der Waals surface area contributed by atoms with E-state index in [2.05, 4.69) is 10.5 Å². The quantitative estimate of drug-likeness (QED) is 0.417. The Labute approximate surface area is 217 Å². The molecule has 2 aromatic carbocycles. The van der Waals surface area contributed by atoms with Crippen LogP contribution in [-0.4, -0.2) is 43.0 Å². The van der Waals surface area contributed by atoms with E-state index in [9.17, 15) is 35.9 Å². The van der Waals surface area contributed by atoms with Gasteiger partial charge in [0, 0.05) is 27.6 Å². The van der Waals surface area contributed by atoms with Gasteiger partial charge in [0.15, 0.2) is 0 Å². The summed E-state index contributed by atoms with van der Waals surface area (Å²) in [5, 5.41) is 7.31. The molecule has 37 heavy (non-hydrogen) atoms. The van der Waals surface area contributed by atoms with Crippen molar-refractivity contribution in [2.45, 2.75) is 38.2 Å². The summed E-state index contributed by atoms with van der Waals surface area (Å²) in [7, 11) is 0. The van der Waals surface area contributed by atoms with Gasteiger partial charge in [-0.3, -0.25) is 9.59 Å². The fraction of sp³-hybridized carbons (Fsp3) is 0.348. The molecule has 1 aliphatic heterocycles. The van der Waals surface area contributed by atoms with Crippen LogP contribution in [0.2, 0.25) is 10.0 Å². The first-order chi connectivity index (χ1) is 17.2. The summed E-state index contributed by atoms with van der Waals surface area (Å²) in [5.74, 6) is -1.82. The monoisotopic (exact) mass is 571 g/mol. The van der Waals surface area contributed by atoms with Gasteiger partial charge in [-0.2, -0.15) is 26.3 Å². The number of rotatable bonds is 6. The van der Waals surface area contributed by atoms with Gasteiger partial charge in [-0.15, -0.1) is 0 Å². The zero-order chi connectivity index (χ0) is 28.0. The Balaban J connectivity index is 0.00000235. The van der Waals surface area contributed by atoms with Crippen molar-refractivity contribution in [3.8, 4) is 0 Å². The maximum atomic E-state index is 14.1. The fourth-order valence-electron chi connectivity index (χ4n) is 3.18. The number of carbonyl (C=O) groups excluding carboxylic acids is 2. The first kappa shape index (κ1) is 30.2. The van der Waals surface area contributed by atoms with Crippen molar-refractivity contribution >= 4 is 40.7 Å². The molecule has 2 amide bonds. The van der Waals surface area contributed by atoms with E-state index in [-0.39, 0.29) is 32.4 Å². The molecule has 2 aromatic rings. The number of amides is 2. The molecular weight excluding hydrogens is 551 g/mol. The Kier molecular flexibility index (Phi) is 9.84. The van der Waals surface area contributed by atoms with Crippen molar-refractivity contribution in [2.24, 2.45) is 5.16 Å². The molecule has 0 bridgehead atoms. The summed E-state index contributed by atoms with van der Waals surface area (Å²) in [6.45, 7) is 1.76. The molecule has 14 heteroatoms. The minimum Gasteiger partial charge on any atom is -0.374 e. The first-order valence-electron chi connectivity index (χ1n) is 10.7. The highest BCUT2D eigenvalue weighted by Crippen LogP contribution is 2.49. The Morgan fingerprint density at radius 1 is 0.973 bits per heavy atom. The number of carbonyl (C=O) groups is 2. The van der Waals surface area contributed by atoms with Gasteiger partial charge in [-0.25, -0.2) is 0 Å². The van der Waals surface area contributed by atoms with Crippen LogP contribution in [0.25, 0.3) is 0 Å². The average molecular weight is 572 g/mol. The largest absolute Gasteiger partial charge is 0.435 e. The molecular formula is C23H21Cl2F6N3O3. The maximum Gasteiger partial charge on any atom is 0.435 e. The molecule has 0 fully saturated rings. The highest BCUT2D eigenvalue weighted by atomic mass is 35.5. The Bertz CT molecular complexity index is 1130. The molecule has 0 spiro atoms. The Morgan fingerprint density at radius 3 is 2.05 bits per heavy atom. The maximum absolute atomic E-state index is 14.1. The van der Waals surface area contributed by atoms with Crippen molar-refractivity contribution in [2.75, 3.05) is 13.1 Å². The van der Waals surface area contributed by atoms with Gasteiger partial charge in [0.05, 0.1) is 12.3 Å². The minimum absolute atomic E-state index is 0.0144. The second-order valence-corrected chi connectivity index (χ2v) is 8.31. The van der Waals surface area contributed by atoms with Gasteiger partial charge < -0.3 is 15.5 Å². The lowest BCUT2D eigenvalue weighted by Gasteiger charge is -2.29. The molecule has 0 saturated heterocycles. The number of halogens is 8. The van der Waals surface area contributed by atoms with Crippen LogP contribution in [0.3, 0.4) is 0 Å². The lowest BCUT2D eigenvalue weighted by molar-refractivity contribution is -0.275. The van der Waals surface area contributed by atoms with E-state index in [1.54, 1.807) is 5.32 Å². The third-order valence-electron chi connectivity index (χ3n) is 4.89. The average Bonchev–Trinajstić information content (AvgIpc) is 3.29. The molecule has 6 nitrogen and oxygen atoms in total. The van der Waals surface area contributed by atoms with Crippen LogP contribution in [0.15, 0.2) is 47.6 Å². The lowest BCUT2D eigenvalue weighted by atomic mass is 9.86. The van der Waals surface area contributed by atoms with Crippen LogP contribution >= 0.6 is 23.2 Å². The Morgan fingerprint density at radius 2 is 1.54 bits per heavy atom. The second-order valence-electron chi connectivity index (χ2n) is 7.44. The van der Waals surface area contributed by atoms with Gasteiger partial charge in [-0.1, -0.05) is 54.3 Å². The highest BCUT2D eigenvalue weighted by Gasteiger charge is 2.62. The highest BCUT2D eigenvalue weighted by molar-refractivity contribution is 6.34. The van der Waals surface area contributed by atoms with Crippen LogP contribution in [0.4, 0.5) is 26.3 Å². The van der Waals surface area contributed by atoms with Crippen molar-refractivity contribution in [3.63, 3.8) is 0 Å². The number of hydrogen-bond donors (Lipinski definition) is 2. The van der Waals surface area contributed by atoms with E-state index in [0.29, 0.717) is 0 Å². The molecule has 0 radical (unpaired) electrons. The van der Waals surface area contributed by atoms with Crippen LogP contribution in [0, 0.1) is 0 Å². The number of benzene rings is 2.